The highest BCUT2D eigenvalue weighted by atomic mass is 79.9. The van der Waals surface area contributed by atoms with Gasteiger partial charge in [0.2, 0.25) is 0 Å². The highest BCUT2D eigenvalue weighted by Gasteiger charge is 2.15. The molecular formula is C11H15BrN2O2. The van der Waals surface area contributed by atoms with E-state index in [1.165, 1.54) is 0 Å². The number of carbonyl (C=O) groups excluding carboxylic acids is 1. The second-order valence-electron chi connectivity index (χ2n) is 4.32. The van der Waals surface area contributed by atoms with Gasteiger partial charge in [-0.25, -0.2) is 4.79 Å². The Balaban J connectivity index is 2.40. The lowest BCUT2D eigenvalue weighted by Crippen LogP contribution is -2.32. The molecule has 1 rings (SSSR count). The van der Waals surface area contributed by atoms with Crippen LogP contribution in [0, 0.1) is 0 Å². The van der Waals surface area contributed by atoms with Gasteiger partial charge >= 0.3 is 6.09 Å². The van der Waals surface area contributed by atoms with E-state index in [1.54, 1.807) is 6.20 Å². The molecule has 88 valence electrons. The minimum absolute atomic E-state index is 0.363. The van der Waals surface area contributed by atoms with Crippen molar-refractivity contribution in [3.05, 3.63) is 28.5 Å². The fraction of sp³-hybridized carbons (Fsp3) is 0.455. The predicted octanol–water partition coefficient (Wildman–Crippen LogP) is 2.87. The number of rotatable bonds is 2. The summed E-state index contributed by atoms with van der Waals surface area (Å²) in [5.41, 5.74) is 0.311. The maximum atomic E-state index is 11.3. The molecule has 0 radical (unpaired) electrons. The highest BCUT2D eigenvalue weighted by molar-refractivity contribution is 9.10. The van der Waals surface area contributed by atoms with Crippen molar-refractivity contribution in [3.8, 4) is 0 Å². The minimum atomic E-state index is -0.475. The summed E-state index contributed by atoms with van der Waals surface area (Å²) in [4.78, 5) is 15.5. The first-order valence-corrected chi connectivity index (χ1v) is 5.73. The summed E-state index contributed by atoms with van der Waals surface area (Å²) in [5, 5.41) is 2.64. The van der Waals surface area contributed by atoms with Crippen LogP contribution in [0.25, 0.3) is 0 Å². The van der Waals surface area contributed by atoms with E-state index in [2.05, 4.69) is 26.2 Å². The van der Waals surface area contributed by atoms with Crippen LogP contribution >= 0.6 is 15.9 Å². The Morgan fingerprint density at radius 3 is 2.69 bits per heavy atom. The number of pyridine rings is 1. The molecule has 0 unspecified atom stereocenters. The van der Waals surface area contributed by atoms with E-state index in [-0.39, 0.29) is 0 Å². The first kappa shape index (κ1) is 13.0. The summed E-state index contributed by atoms with van der Waals surface area (Å²) in [6.45, 7) is 5.83. The second kappa shape index (κ2) is 5.30. The maximum absolute atomic E-state index is 11.3. The Hall–Kier alpha value is -1.10. The van der Waals surface area contributed by atoms with Crippen LogP contribution < -0.4 is 5.32 Å². The van der Waals surface area contributed by atoms with Crippen LogP contribution in [0.15, 0.2) is 22.8 Å². The van der Waals surface area contributed by atoms with E-state index in [9.17, 15) is 4.79 Å². The second-order valence-corrected chi connectivity index (χ2v) is 5.24. The molecular weight excluding hydrogens is 272 g/mol. The van der Waals surface area contributed by atoms with Gasteiger partial charge in [-0.15, -0.1) is 0 Å². The van der Waals surface area contributed by atoms with Crippen molar-refractivity contribution in [2.24, 2.45) is 0 Å². The molecule has 5 heteroatoms. The molecule has 0 aromatic carbocycles. The number of halogens is 1. The van der Waals surface area contributed by atoms with Crippen molar-refractivity contribution in [1.82, 2.24) is 10.3 Å². The van der Waals surface area contributed by atoms with Crippen LogP contribution in [0.4, 0.5) is 4.79 Å². The molecule has 0 aliphatic carbocycles. The molecule has 0 bridgehead atoms. The number of nitrogens with zero attached hydrogens (tertiary/aromatic N) is 1. The van der Waals surface area contributed by atoms with Gasteiger partial charge in [0.25, 0.3) is 0 Å². The number of ether oxygens (including phenoxy) is 1. The van der Waals surface area contributed by atoms with Gasteiger partial charge in [0, 0.05) is 10.7 Å². The zero-order valence-corrected chi connectivity index (χ0v) is 11.2. The first-order chi connectivity index (χ1) is 7.37. The van der Waals surface area contributed by atoms with Crippen molar-refractivity contribution < 1.29 is 9.53 Å². The predicted molar refractivity (Wildman–Crippen MR) is 65.0 cm³/mol. The average molecular weight is 287 g/mol. The van der Waals surface area contributed by atoms with Gasteiger partial charge in [0.05, 0.1) is 12.2 Å². The maximum Gasteiger partial charge on any atom is 0.407 e. The van der Waals surface area contributed by atoms with Gasteiger partial charge in [-0.3, -0.25) is 4.98 Å². The number of nitrogens with one attached hydrogen (secondary N) is 1. The zero-order valence-electron chi connectivity index (χ0n) is 9.58. The normalized spacial score (nSPS) is 11.0. The summed E-state index contributed by atoms with van der Waals surface area (Å²) >= 11 is 3.29. The Morgan fingerprint density at radius 1 is 1.50 bits per heavy atom. The van der Waals surface area contributed by atoms with Gasteiger partial charge in [-0.2, -0.15) is 0 Å². The van der Waals surface area contributed by atoms with Crippen molar-refractivity contribution in [2.75, 3.05) is 0 Å². The number of amides is 1. The molecule has 0 saturated heterocycles. The molecule has 0 aliphatic heterocycles. The summed E-state index contributed by atoms with van der Waals surface area (Å²) in [7, 11) is 0. The van der Waals surface area contributed by atoms with E-state index in [0.717, 1.165) is 10.2 Å². The van der Waals surface area contributed by atoms with Gasteiger partial charge in [-0.1, -0.05) is 0 Å². The Morgan fingerprint density at radius 2 is 2.19 bits per heavy atom. The highest BCUT2D eigenvalue weighted by Crippen LogP contribution is 2.08. The molecule has 4 nitrogen and oxygen atoms in total. The van der Waals surface area contributed by atoms with E-state index in [1.807, 2.05) is 32.9 Å². The van der Waals surface area contributed by atoms with Crippen molar-refractivity contribution in [1.29, 1.82) is 0 Å². The van der Waals surface area contributed by atoms with Crippen LogP contribution in [0.5, 0.6) is 0 Å². The molecule has 1 heterocycles. The summed E-state index contributed by atoms with van der Waals surface area (Å²) < 4.78 is 6.01. The van der Waals surface area contributed by atoms with Crippen LogP contribution in [-0.4, -0.2) is 16.7 Å². The van der Waals surface area contributed by atoms with Gasteiger partial charge in [-0.05, 0) is 48.8 Å². The summed E-state index contributed by atoms with van der Waals surface area (Å²) in [6.07, 6.45) is 1.25. The van der Waals surface area contributed by atoms with Crippen LogP contribution in [0.3, 0.4) is 0 Å². The molecule has 0 aliphatic rings. The number of alkyl carbamates (subject to hydrolysis) is 1. The molecule has 0 saturated carbocycles. The first-order valence-electron chi connectivity index (χ1n) is 4.94. The van der Waals surface area contributed by atoms with E-state index < -0.39 is 11.7 Å². The van der Waals surface area contributed by atoms with Crippen molar-refractivity contribution in [2.45, 2.75) is 32.9 Å². The molecule has 1 aromatic rings. The summed E-state index contributed by atoms with van der Waals surface area (Å²) in [6, 6.07) is 3.71. The topological polar surface area (TPSA) is 51.2 Å². The molecule has 1 aromatic heterocycles. The Kier molecular flexibility index (Phi) is 4.29. The molecule has 0 spiro atoms. The van der Waals surface area contributed by atoms with Gasteiger partial charge in [0.1, 0.15) is 5.60 Å². The molecule has 1 N–H and O–H groups in total. The lowest BCUT2D eigenvalue weighted by atomic mass is 10.2. The quantitative estimate of drug-likeness (QED) is 0.910. The van der Waals surface area contributed by atoms with Crippen LogP contribution in [0.2, 0.25) is 0 Å². The minimum Gasteiger partial charge on any atom is -0.444 e. The average Bonchev–Trinajstić information content (AvgIpc) is 2.14. The SMILES string of the molecule is CC(C)(C)OC(=O)NCc1ccc(Br)cn1. The Bertz CT molecular complexity index is 357. The van der Waals surface area contributed by atoms with Crippen LogP contribution in [-0.2, 0) is 11.3 Å². The van der Waals surface area contributed by atoms with Gasteiger partial charge in [0.15, 0.2) is 0 Å². The fourth-order valence-corrected chi connectivity index (χ4v) is 1.22. The van der Waals surface area contributed by atoms with Crippen molar-refractivity contribution in [3.63, 3.8) is 0 Å². The third-order valence-electron chi connectivity index (χ3n) is 1.60. The molecule has 0 fully saturated rings. The standard InChI is InChI=1S/C11H15BrN2O2/c1-11(2,3)16-10(15)14-7-9-5-4-8(12)6-13-9/h4-6H,7H2,1-3H3,(H,14,15). The van der Waals surface area contributed by atoms with Crippen molar-refractivity contribution >= 4 is 22.0 Å². The molecule has 16 heavy (non-hydrogen) atoms. The van der Waals surface area contributed by atoms with Crippen LogP contribution in [0.1, 0.15) is 26.5 Å². The molecule has 1 amide bonds. The number of aromatic nitrogens is 1. The van der Waals surface area contributed by atoms with Gasteiger partial charge < -0.3 is 10.1 Å². The molecule has 0 atom stereocenters. The van der Waals surface area contributed by atoms with E-state index >= 15 is 0 Å². The number of hydrogen-bond donors (Lipinski definition) is 1. The lowest BCUT2D eigenvalue weighted by Gasteiger charge is -2.19. The summed E-state index contributed by atoms with van der Waals surface area (Å²) in [5.74, 6) is 0. The number of carbonyl (C=O) groups is 1. The van der Waals surface area contributed by atoms with E-state index in [0.29, 0.717) is 6.54 Å². The smallest absolute Gasteiger partial charge is 0.407 e. The fourth-order valence-electron chi connectivity index (χ4n) is 0.988. The largest absolute Gasteiger partial charge is 0.444 e. The zero-order chi connectivity index (χ0) is 12.2. The third-order valence-corrected chi connectivity index (χ3v) is 2.07. The third kappa shape index (κ3) is 5.11. The lowest BCUT2D eigenvalue weighted by molar-refractivity contribution is 0.0523. The Labute approximate surface area is 104 Å². The number of hydrogen-bond acceptors (Lipinski definition) is 3. The monoisotopic (exact) mass is 286 g/mol. The van der Waals surface area contributed by atoms with E-state index in [4.69, 9.17) is 4.74 Å².